The molecule has 1 aromatic heterocycles. The fourth-order valence-electron chi connectivity index (χ4n) is 1.58. The Labute approximate surface area is 115 Å². The molecule has 0 atom stereocenters. The van der Waals surface area contributed by atoms with E-state index in [1.807, 2.05) is 0 Å². The van der Waals surface area contributed by atoms with Crippen LogP contribution in [0.4, 0.5) is 18.9 Å². The van der Waals surface area contributed by atoms with Gasteiger partial charge in [0.15, 0.2) is 5.69 Å². The summed E-state index contributed by atoms with van der Waals surface area (Å²) in [7, 11) is 0. The van der Waals surface area contributed by atoms with Crippen LogP contribution in [0.3, 0.4) is 0 Å². The van der Waals surface area contributed by atoms with Crippen molar-refractivity contribution in [1.82, 2.24) is 9.78 Å². The van der Waals surface area contributed by atoms with E-state index in [9.17, 15) is 23.3 Å². The van der Waals surface area contributed by atoms with E-state index in [4.69, 9.17) is 11.6 Å². The van der Waals surface area contributed by atoms with Gasteiger partial charge in [0, 0.05) is 12.3 Å². The second kappa shape index (κ2) is 5.12. The molecule has 0 fully saturated rings. The van der Waals surface area contributed by atoms with E-state index >= 15 is 0 Å². The summed E-state index contributed by atoms with van der Waals surface area (Å²) < 4.78 is 38.2. The van der Waals surface area contributed by atoms with Gasteiger partial charge < -0.3 is 0 Å². The monoisotopic (exact) mass is 305 g/mol. The van der Waals surface area contributed by atoms with Gasteiger partial charge in [-0.1, -0.05) is 17.7 Å². The number of nitrogens with zero attached hydrogens (tertiary/aromatic N) is 3. The van der Waals surface area contributed by atoms with Crippen LogP contribution in [0.25, 0.3) is 0 Å². The van der Waals surface area contributed by atoms with Crippen molar-refractivity contribution in [3.05, 3.63) is 56.9 Å². The number of aromatic nitrogens is 2. The Morgan fingerprint density at radius 1 is 1.35 bits per heavy atom. The van der Waals surface area contributed by atoms with E-state index in [1.165, 1.54) is 18.2 Å². The molecule has 0 bridgehead atoms. The van der Waals surface area contributed by atoms with Crippen LogP contribution in [-0.2, 0) is 12.7 Å². The Hall–Kier alpha value is -2.09. The summed E-state index contributed by atoms with van der Waals surface area (Å²) in [5.74, 6) is 0. The number of hydrogen-bond donors (Lipinski definition) is 0. The van der Waals surface area contributed by atoms with Crippen molar-refractivity contribution >= 4 is 17.3 Å². The van der Waals surface area contributed by atoms with Crippen LogP contribution in [0.15, 0.2) is 30.5 Å². The molecule has 0 N–H and O–H groups in total. The SMILES string of the molecule is O=[N+]([O-])c1cc(Cn2ccc(C(F)(F)F)n2)ccc1Cl. The topological polar surface area (TPSA) is 61.0 Å². The number of nitro benzene ring substituents is 1. The molecule has 9 heteroatoms. The van der Waals surface area contributed by atoms with Gasteiger partial charge in [0.05, 0.1) is 11.5 Å². The highest BCUT2D eigenvalue weighted by Crippen LogP contribution is 2.28. The molecule has 5 nitrogen and oxygen atoms in total. The first-order valence-corrected chi connectivity index (χ1v) is 5.68. The van der Waals surface area contributed by atoms with Crippen molar-refractivity contribution in [2.45, 2.75) is 12.7 Å². The molecule has 2 aromatic rings. The summed E-state index contributed by atoms with van der Waals surface area (Å²) in [6.07, 6.45) is -3.36. The minimum Gasteiger partial charge on any atom is -0.268 e. The van der Waals surface area contributed by atoms with E-state index in [1.54, 1.807) is 0 Å². The molecule has 1 aromatic carbocycles. The van der Waals surface area contributed by atoms with Crippen molar-refractivity contribution in [3.63, 3.8) is 0 Å². The lowest BCUT2D eigenvalue weighted by molar-refractivity contribution is -0.384. The number of hydrogen-bond acceptors (Lipinski definition) is 3. The lowest BCUT2D eigenvalue weighted by Crippen LogP contribution is -2.08. The van der Waals surface area contributed by atoms with E-state index in [0.29, 0.717) is 5.56 Å². The summed E-state index contributed by atoms with van der Waals surface area (Å²) in [5.41, 5.74) is -0.883. The molecule has 1 heterocycles. The van der Waals surface area contributed by atoms with E-state index in [2.05, 4.69) is 5.10 Å². The molecule has 106 valence electrons. The summed E-state index contributed by atoms with van der Waals surface area (Å²) in [4.78, 5) is 10.1. The standard InChI is InChI=1S/C11H7ClF3N3O2/c12-8-2-1-7(5-9(8)18(19)20)6-17-4-3-10(16-17)11(13,14)15/h1-5H,6H2. The first-order valence-electron chi connectivity index (χ1n) is 5.31. The van der Waals surface area contributed by atoms with Gasteiger partial charge in [0.25, 0.3) is 5.69 Å². The number of alkyl halides is 3. The van der Waals surface area contributed by atoms with Crippen LogP contribution in [0.2, 0.25) is 5.02 Å². The summed E-state index contributed by atoms with van der Waals surface area (Å²) in [5, 5.41) is 14.0. The molecular weight excluding hydrogens is 299 g/mol. The highest BCUT2D eigenvalue weighted by Gasteiger charge is 2.33. The van der Waals surface area contributed by atoms with Crippen molar-refractivity contribution in [1.29, 1.82) is 0 Å². The number of halogens is 4. The zero-order valence-corrected chi connectivity index (χ0v) is 10.5. The molecule has 0 spiro atoms. The van der Waals surface area contributed by atoms with Crippen molar-refractivity contribution in [2.24, 2.45) is 0 Å². The van der Waals surface area contributed by atoms with Crippen LogP contribution in [-0.4, -0.2) is 14.7 Å². The lowest BCUT2D eigenvalue weighted by atomic mass is 10.2. The van der Waals surface area contributed by atoms with Crippen LogP contribution in [0, 0.1) is 10.1 Å². The van der Waals surface area contributed by atoms with Gasteiger partial charge in [-0.25, -0.2) is 0 Å². The van der Waals surface area contributed by atoms with Crippen LogP contribution >= 0.6 is 11.6 Å². The summed E-state index contributed by atoms with van der Waals surface area (Å²) >= 11 is 5.65. The maximum atomic E-state index is 12.4. The van der Waals surface area contributed by atoms with Gasteiger partial charge in [-0.2, -0.15) is 18.3 Å². The quantitative estimate of drug-likeness (QED) is 0.644. The Kier molecular flexibility index (Phi) is 3.67. The third kappa shape index (κ3) is 3.08. The minimum absolute atomic E-state index is 0.0198. The fourth-order valence-corrected chi connectivity index (χ4v) is 1.77. The second-order valence-electron chi connectivity index (χ2n) is 3.94. The second-order valence-corrected chi connectivity index (χ2v) is 4.35. The number of benzene rings is 1. The van der Waals surface area contributed by atoms with E-state index in [0.717, 1.165) is 16.9 Å². The minimum atomic E-state index is -4.52. The third-order valence-electron chi connectivity index (χ3n) is 2.48. The number of nitro groups is 1. The van der Waals surface area contributed by atoms with Crippen LogP contribution < -0.4 is 0 Å². The Balaban J connectivity index is 2.24. The van der Waals surface area contributed by atoms with Gasteiger partial charge in [0.2, 0.25) is 0 Å². The largest absolute Gasteiger partial charge is 0.435 e. The van der Waals surface area contributed by atoms with Crippen molar-refractivity contribution in [2.75, 3.05) is 0 Å². The maximum absolute atomic E-state index is 12.4. The van der Waals surface area contributed by atoms with Crippen LogP contribution in [0.1, 0.15) is 11.3 Å². The molecule has 0 radical (unpaired) electrons. The van der Waals surface area contributed by atoms with Gasteiger partial charge in [-0.15, -0.1) is 0 Å². The zero-order chi connectivity index (χ0) is 14.9. The molecule has 2 rings (SSSR count). The maximum Gasteiger partial charge on any atom is 0.435 e. The molecule has 0 aliphatic heterocycles. The highest BCUT2D eigenvalue weighted by atomic mass is 35.5. The first kappa shape index (κ1) is 14.3. The Morgan fingerprint density at radius 3 is 2.60 bits per heavy atom. The average molecular weight is 306 g/mol. The zero-order valence-electron chi connectivity index (χ0n) is 9.76. The predicted molar refractivity (Wildman–Crippen MR) is 64.4 cm³/mol. The molecule has 0 unspecified atom stereocenters. The molecule has 20 heavy (non-hydrogen) atoms. The van der Waals surface area contributed by atoms with Crippen LogP contribution in [0.5, 0.6) is 0 Å². The first-order chi connectivity index (χ1) is 9.27. The molecule has 0 saturated heterocycles. The number of rotatable bonds is 3. The van der Waals surface area contributed by atoms with Crippen molar-refractivity contribution < 1.29 is 18.1 Å². The average Bonchev–Trinajstić information content (AvgIpc) is 2.79. The molecule has 0 aliphatic carbocycles. The predicted octanol–water partition coefficient (Wildman–Crippen LogP) is 3.51. The highest BCUT2D eigenvalue weighted by molar-refractivity contribution is 6.32. The van der Waals surface area contributed by atoms with Gasteiger partial charge in [-0.3, -0.25) is 14.8 Å². The Bertz CT molecular complexity index is 655. The molecule has 0 saturated carbocycles. The lowest BCUT2D eigenvalue weighted by Gasteiger charge is -2.04. The van der Waals surface area contributed by atoms with Gasteiger partial charge in [0.1, 0.15) is 5.02 Å². The smallest absolute Gasteiger partial charge is 0.268 e. The fraction of sp³-hybridized carbons (Fsp3) is 0.182. The molecule has 0 amide bonds. The normalized spacial score (nSPS) is 11.6. The van der Waals surface area contributed by atoms with Gasteiger partial charge in [-0.05, 0) is 17.7 Å². The van der Waals surface area contributed by atoms with E-state index < -0.39 is 16.8 Å². The molecule has 0 aliphatic rings. The summed E-state index contributed by atoms with van der Waals surface area (Å²) in [6, 6.07) is 4.86. The molecular formula is C11H7ClF3N3O2. The van der Waals surface area contributed by atoms with Crippen molar-refractivity contribution in [3.8, 4) is 0 Å². The summed E-state index contributed by atoms with van der Waals surface area (Å²) in [6.45, 7) is -0.0198. The van der Waals surface area contributed by atoms with E-state index in [-0.39, 0.29) is 17.3 Å². The third-order valence-corrected chi connectivity index (χ3v) is 2.80. The van der Waals surface area contributed by atoms with Gasteiger partial charge >= 0.3 is 6.18 Å². The Morgan fingerprint density at radius 2 is 2.05 bits per heavy atom.